The summed E-state index contributed by atoms with van der Waals surface area (Å²) in [5, 5.41) is 3.33. The van der Waals surface area contributed by atoms with Crippen molar-refractivity contribution < 1.29 is 9.53 Å². The number of rotatable bonds is 7. The zero-order chi connectivity index (χ0) is 30.0. The summed E-state index contributed by atoms with van der Waals surface area (Å²) in [6.45, 7) is 10.7. The van der Waals surface area contributed by atoms with Crippen LogP contribution in [0.3, 0.4) is 0 Å². The van der Waals surface area contributed by atoms with Gasteiger partial charge in [-0.1, -0.05) is 36.4 Å². The summed E-state index contributed by atoms with van der Waals surface area (Å²) in [4.78, 5) is 20.3. The van der Waals surface area contributed by atoms with Crippen LogP contribution in [0.5, 0.6) is 0 Å². The summed E-state index contributed by atoms with van der Waals surface area (Å²) in [5.41, 5.74) is 11.5. The number of hydrogen-bond acceptors (Lipinski definition) is 7. The fourth-order valence-corrected chi connectivity index (χ4v) is 6.28. The minimum Gasteiger partial charge on any atom is -0.378 e. The van der Waals surface area contributed by atoms with Crippen molar-refractivity contribution in [3.63, 3.8) is 0 Å². The molecule has 2 saturated heterocycles. The van der Waals surface area contributed by atoms with Crippen LogP contribution in [0.4, 0.5) is 11.4 Å². The molecule has 2 heterocycles. The van der Waals surface area contributed by atoms with Crippen LogP contribution in [-0.4, -0.2) is 82.9 Å². The molecule has 0 radical (unpaired) electrons. The van der Waals surface area contributed by atoms with E-state index in [0.717, 1.165) is 96.0 Å². The largest absolute Gasteiger partial charge is 0.378 e. The Morgan fingerprint density at radius 2 is 1.60 bits per heavy atom. The third-order valence-electron chi connectivity index (χ3n) is 8.92. The number of likely N-dealkylation sites (N-methyl/N-ethyl adjacent to an activating group) is 1. The van der Waals surface area contributed by atoms with Gasteiger partial charge in [-0.25, -0.2) is 0 Å². The highest BCUT2D eigenvalue weighted by Crippen LogP contribution is 2.33. The van der Waals surface area contributed by atoms with Crippen LogP contribution in [0.15, 0.2) is 66.7 Å². The first kappa shape index (κ1) is 31.0. The highest BCUT2D eigenvalue weighted by atomic mass is 16.5. The van der Waals surface area contributed by atoms with Crippen LogP contribution in [0.2, 0.25) is 0 Å². The number of hydrazine groups is 1. The summed E-state index contributed by atoms with van der Waals surface area (Å²) >= 11 is 0. The van der Waals surface area contributed by atoms with Gasteiger partial charge in [0, 0.05) is 68.8 Å². The first-order valence-electron chi connectivity index (χ1n) is 15.8. The van der Waals surface area contributed by atoms with E-state index < -0.39 is 0 Å². The molecular weight excluding hydrogens is 536 g/mol. The summed E-state index contributed by atoms with van der Waals surface area (Å²) in [6, 6.07) is 23.1. The third kappa shape index (κ3) is 8.36. The molecule has 0 bridgehead atoms. The molecule has 1 aliphatic carbocycles. The lowest BCUT2D eigenvalue weighted by Crippen LogP contribution is -2.45. The van der Waals surface area contributed by atoms with Crippen molar-refractivity contribution in [3.8, 4) is 0 Å². The standard InChI is InChI=1S/C27H36N4O2.C8H12N2/c1-20-3-10-26(31-13-11-29(2)12-14-31)25-19-22(6-9-24(20)25)28-27(32)21-4-7-23(8-5-21)30-15-17-33-18-16-30;9-10-7-6-8-4-2-1-3-5-8/h3-5,7-8,10,22H,6,9,11-19H2,1-2H3,(H,28,32);1-5,10H,6-7,9H2/t22-;/m1./s1. The quantitative estimate of drug-likeness (QED) is 0.289. The van der Waals surface area contributed by atoms with Crippen molar-refractivity contribution in [2.45, 2.75) is 38.6 Å². The molecule has 8 heteroatoms. The van der Waals surface area contributed by atoms with Crippen molar-refractivity contribution in [1.82, 2.24) is 15.6 Å². The molecule has 3 aromatic carbocycles. The molecule has 230 valence electrons. The molecular formula is C35H48N6O2. The van der Waals surface area contributed by atoms with E-state index in [1.54, 1.807) is 0 Å². The summed E-state index contributed by atoms with van der Waals surface area (Å²) in [5.74, 6) is 5.16. The van der Waals surface area contributed by atoms with Gasteiger partial charge in [0.25, 0.3) is 5.91 Å². The zero-order valence-corrected chi connectivity index (χ0v) is 25.9. The van der Waals surface area contributed by atoms with Gasteiger partial charge in [-0.05, 0) is 92.2 Å². The van der Waals surface area contributed by atoms with E-state index in [2.05, 4.69) is 75.8 Å². The van der Waals surface area contributed by atoms with Crippen molar-refractivity contribution in [2.24, 2.45) is 5.84 Å². The number of carbonyl (C=O) groups excluding carboxylic acids is 1. The Morgan fingerprint density at radius 1 is 0.884 bits per heavy atom. The molecule has 6 rings (SSSR count). The average Bonchev–Trinajstić information content (AvgIpc) is 3.06. The van der Waals surface area contributed by atoms with Crippen LogP contribution < -0.4 is 26.4 Å². The van der Waals surface area contributed by atoms with Gasteiger partial charge in [-0.2, -0.15) is 0 Å². The number of piperazine rings is 1. The summed E-state index contributed by atoms with van der Waals surface area (Å²) in [7, 11) is 2.20. The number of anilines is 2. The second-order valence-electron chi connectivity index (χ2n) is 11.9. The van der Waals surface area contributed by atoms with Crippen LogP contribution in [0, 0.1) is 6.92 Å². The van der Waals surface area contributed by atoms with Crippen LogP contribution in [0.25, 0.3) is 0 Å². The Kier molecular flexibility index (Phi) is 11.1. The van der Waals surface area contributed by atoms with Gasteiger partial charge in [-0.3, -0.25) is 16.1 Å². The molecule has 3 aromatic rings. The molecule has 0 unspecified atom stereocenters. The van der Waals surface area contributed by atoms with Gasteiger partial charge in [0.1, 0.15) is 0 Å². The SMILES string of the molecule is Cc1ccc(N2CCN(C)CC2)c2c1CC[C@@H](NC(=O)c1ccc(N3CCOCC3)cc1)C2.NNCCc1ccccc1. The number of aryl methyl sites for hydroxylation is 1. The van der Waals surface area contributed by atoms with Gasteiger partial charge in [0.05, 0.1) is 13.2 Å². The predicted octanol–water partition coefficient (Wildman–Crippen LogP) is 3.56. The third-order valence-corrected chi connectivity index (χ3v) is 8.92. The van der Waals surface area contributed by atoms with E-state index in [4.69, 9.17) is 10.6 Å². The number of nitrogens with two attached hydrogens (primary N) is 1. The second kappa shape index (κ2) is 15.3. The number of carbonyl (C=O) groups is 1. The Bertz CT molecular complexity index is 1300. The molecule has 0 spiro atoms. The number of morpholine rings is 1. The second-order valence-corrected chi connectivity index (χ2v) is 11.9. The van der Waals surface area contributed by atoms with E-state index in [9.17, 15) is 4.79 Å². The Morgan fingerprint density at radius 3 is 2.30 bits per heavy atom. The Balaban J connectivity index is 0.000000314. The van der Waals surface area contributed by atoms with Crippen LogP contribution in [-0.2, 0) is 24.0 Å². The number of fused-ring (bicyclic) bond motifs is 1. The lowest BCUT2D eigenvalue weighted by atomic mass is 9.84. The summed E-state index contributed by atoms with van der Waals surface area (Å²) < 4.78 is 5.44. The normalized spacial score (nSPS) is 18.8. The molecule has 43 heavy (non-hydrogen) atoms. The first-order chi connectivity index (χ1) is 21.0. The fourth-order valence-electron chi connectivity index (χ4n) is 6.28. The van der Waals surface area contributed by atoms with Crippen molar-refractivity contribution in [3.05, 3.63) is 94.5 Å². The molecule has 0 saturated carbocycles. The fraction of sp³-hybridized carbons (Fsp3) is 0.457. The van der Waals surface area contributed by atoms with Crippen LogP contribution in [0.1, 0.15) is 39.0 Å². The predicted molar refractivity (Wildman–Crippen MR) is 176 cm³/mol. The molecule has 4 N–H and O–H groups in total. The minimum atomic E-state index is 0.0331. The smallest absolute Gasteiger partial charge is 0.251 e. The lowest BCUT2D eigenvalue weighted by molar-refractivity contribution is 0.0933. The molecule has 3 aliphatic rings. The Labute approximate surface area is 257 Å². The van der Waals surface area contributed by atoms with E-state index in [1.165, 1.54) is 27.9 Å². The number of hydrogen-bond donors (Lipinski definition) is 3. The number of nitrogens with zero attached hydrogens (tertiary/aromatic N) is 3. The zero-order valence-electron chi connectivity index (χ0n) is 25.9. The highest BCUT2D eigenvalue weighted by molar-refractivity contribution is 5.94. The first-order valence-corrected chi connectivity index (χ1v) is 15.8. The molecule has 8 nitrogen and oxygen atoms in total. The average molecular weight is 585 g/mol. The number of nitrogens with one attached hydrogen (secondary N) is 2. The molecule has 1 amide bonds. The minimum absolute atomic E-state index is 0.0331. The topological polar surface area (TPSA) is 86.1 Å². The van der Waals surface area contributed by atoms with Gasteiger partial charge in [0.2, 0.25) is 0 Å². The van der Waals surface area contributed by atoms with Gasteiger partial charge >= 0.3 is 0 Å². The Hall–Kier alpha value is -3.43. The molecule has 1 atom stereocenters. The number of ether oxygens (including phenoxy) is 1. The van der Waals surface area contributed by atoms with Gasteiger partial charge < -0.3 is 24.8 Å². The molecule has 2 aliphatic heterocycles. The number of amides is 1. The van der Waals surface area contributed by atoms with Gasteiger partial charge in [0.15, 0.2) is 0 Å². The van der Waals surface area contributed by atoms with E-state index in [0.29, 0.717) is 0 Å². The maximum atomic E-state index is 13.0. The van der Waals surface area contributed by atoms with E-state index >= 15 is 0 Å². The molecule has 2 fully saturated rings. The van der Waals surface area contributed by atoms with Crippen molar-refractivity contribution in [2.75, 3.05) is 75.9 Å². The van der Waals surface area contributed by atoms with Gasteiger partial charge in [-0.15, -0.1) is 0 Å². The maximum absolute atomic E-state index is 13.0. The van der Waals surface area contributed by atoms with Crippen molar-refractivity contribution in [1.29, 1.82) is 0 Å². The lowest BCUT2D eigenvalue weighted by Gasteiger charge is -2.37. The van der Waals surface area contributed by atoms with E-state index in [-0.39, 0.29) is 11.9 Å². The molecule has 0 aromatic heterocycles. The highest BCUT2D eigenvalue weighted by Gasteiger charge is 2.27. The number of benzene rings is 3. The van der Waals surface area contributed by atoms with Crippen LogP contribution >= 0.6 is 0 Å². The van der Waals surface area contributed by atoms with E-state index in [1.807, 2.05) is 30.3 Å². The maximum Gasteiger partial charge on any atom is 0.251 e. The van der Waals surface area contributed by atoms with Crippen molar-refractivity contribution >= 4 is 17.3 Å². The monoisotopic (exact) mass is 584 g/mol. The summed E-state index contributed by atoms with van der Waals surface area (Å²) in [6.07, 6.45) is 3.94.